The minimum atomic E-state index is -4.88. The van der Waals surface area contributed by atoms with E-state index >= 15 is 0 Å². The van der Waals surface area contributed by atoms with Crippen LogP contribution >= 0.6 is 7.60 Å². The smallest absolute Gasteiger partial charge is 0.324 e. The Kier molecular flexibility index (Phi) is 5.20. The first-order chi connectivity index (χ1) is 8.50. The topological polar surface area (TPSA) is 112 Å². The molecule has 0 aromatic rings. The van der Waals surface area contributed by atoms with Crippen LogP contribution < -0.4 is 0 Å². The van der Waals surface area contributed by atoms with Crippen LogP contribution in [0.2, 0.25) is 0 Å². The van der Waals surface area contributed by atoms with E-state index in [0.29, 0.717) is 4.48 Å². The molecule has 19 heavy (non-hydrogen) atoms. The van der Waals surface area contributed by atoms with Gasteiger partial charge in [0.1, 0.15) is 0 Å². The number of hydrogen-bond acceptors (Lipinski definition) is 3. The highest BCUT2D eigenvalue weighted by atomic mass is 32.2. The predicted octanol–water partition coefficient (Wildman–Crippen LogP) is 0.787. The molecule has 0 aromatic carbocycles. The molecule has 1 heterocycles. The Morgan fingerprint density at radius 2 is 1.95 bits per heavy atom. The molecular formula is C10H23NO6PS+. The van der Waals surface area contributed by atoms with Crippen molar-refractivity contribution in [3.05, 3.63) is 0 Å². The molecule has 1 saturated heterocycles. The van der Waals surface area contributed by atoms with Crippen molar-refractivity contribution in [3.63, 3.8) is 0 Å². The zero-order chi connectivity index (χ0) is 14.9. The van der Waals surface area contributed by atoms with E-state index in [4.69, 9.17) is 14.3 Å². The summed E-state index contributed by atoms with van der Waals surface area (Å²) in [5, 5.41) is 0. The Hall–Kier alpha value is 0.0200. The van der Waals surface area contributed by atoms with Crippen LogP contribution in [0.1, 0.15) is 32.6 Å². The van der Waals surface area contributed by atoms with Gasteiger partial charge in [-0.05, 0) is 26.2 Å². The Labute approximate surface area is 114 Å². The van der Waals surface area contributed by atoms with Gasteiger partial charge in [-0.15, -0.1) is 0 Å². The van der Waals surface area contributed by atoms with E-state index in [1.165, 1.54) is 0 Å². The second-order valence-corrected chi connectivity index (χ2v) is 9.21. The zero-order valence-corrected chi connectivity index (χ0v) is 13.0. The predicted molar refractivity (Wildman–Crippen MR) is 71.2 cm³/mol. The minimum absolute atomic E-state index is 0.154. The van der Waals surface area contributed by atoms with Crippen LogP contribution in [0, 0.1) is 0 Å². The van der Waals surface area contributed by atoms with E-state index in [0.717, 1.165) is 32.4 Å². The number of likely N-dealkylation sites (tertiary alicyclic amines) is 1. The van der Waals surface area contributed by atoms with E-state index in [9.17, 15) is 13.0 Å². The minimum Gasteiger partial charge on any atom is -0.324 e. The van der Waals surface area contributed by atoms with Gasteiger partial charge in [0.05, 0.1) is 26.2 Å². The third kappa shape index (κ3) is 4.24. The van der Waals surface area contributed by atoms with Crippen LogP contribution in [0.4, 0.5) is 0 Å². The van der Waals surface area contributed by atoms with E-state index in [-0.39, 0.29) is 12.5 Å². The zero-order valence-electron chi connectivity index (χ0n) is 11.3. The number of nitrogens with zero attached hydrogens (tertiary/aromatic N) is 1. The third-order valence-corrected chi connectivity index (χ3v) is 7.72. The summed E-state index contributed by atoms with van der Waals surface area (Å²) in [7, 11) is -7.67. The molecule has 3 unspecified atom stereocenters. The van der Waals surface area contributed by atoms with Crippen molar-refractivity contribution in [2.24, 2.45) is 0 Å². The first-order valence-corrected chi connectivity index (χ1v) is 9.55. The first kappa shape index (κ1) is 17.1. The molecular weight excluding hydrogens is 293 g/mol. The van der Waals surface area contributed by atoms with Crippen molar-refractivity contribution in [1.29, 1.82) is 0 Å². The Balaban J connectivity index is 2.99. The lowest BCUT2D eigenvalue weighted by atomic mass is 9.97. The second kappa shape index (κ2) is 5.79. The van der Waals surface area contributed by atoms with Crippen LogP contribution in [0.25, 0.3) is 0 Å². The van der Waals surface area contributed by atoms with E-state index in [1.54, 1.807) is 0 Å². The van der Waals surface area contributed by atoms with Crippen molar-refractivity contribution in [1.82, 2.24) is 0 Å². The second-order valence-electron chi connectivity index (χ2n) is 5.46. The van der Waals surface area contributed by atoms with E-state index < -0.39 is 22.7 Å². The molecule has 0 aromatic heterocycles. The van der Waals surface area contributed by atoms with Crippen molar-refractivity contribution in [2.45, 2.75) is 43.6 Å². The summed E-state index contributed by atoms with van der Waals surface area (Å²) in [6, 6.07) is -0.154. The van der Waals surface area contributed by atoms with Gasteiger partial charge in [-0.1, -0.05) is 0 Å². The van der Waals surface area contributed by atoms with Crippen LogP contribution in [0.5, 0.6) is 0 Å². The Morgan fingerprint density at radius 1 is 1.37 bits per heavy atom. The maximum Gasteiger partial charge on any atom is 0.346 e. The molecule has 1 rings (SSSR count). The number of hydrogen-bond donors (Lipinski definition) is 3. The Bertz CT molecular complexity index is 461. The van der Waals surface area contributed by atoms with Crippen LogP contribution in [0.3, 0.4) is 0 Å². The highest BCUT2D eigenvalue weighted by Gasteiger charge is 2.46. The Morgan fingerprint density at radius 3 is 2.37 bits per heavy atom. The molecule has 3 atom stereocenters. The molecule has 0 aliphatic carbocycles. The van der Waals surface area contributed by atoms with Gasteiger partial charge < -0.3 is 14.3 Å². The van der Waals surface area contributed by atoms with Gasteiger partial charge in [0, 0.05) is 6.42 Å². The summed E-state index contributed by atoms with van der Waals surface area (Å²) in [5.41, 5.74) is 0. The largest absolute Gasteiger partial charge is 0.346 e. The van der Waals surface area contributed by atoms with Crippen molar-refractivity contribution in [3.8, 4) is 0 Å². The SMILES string of the molecule is CC[N+]1(C)CCCCC1CC(P(=O)(O)O)S(=O)(=O)O. The van der Waals surface area contributed by atoms with Gasteiger partial charge in [0.25, 0.3) is 10.1 Å². The average Bonchev–Trinajstić information content (AvgIpc) is 2.24. The van der Waals surface area contributed by atoms with Gasteiger partial charge in [-0.25, -0.2) is 0 Å². The summed E-state index contributed by atoms with van der Waals surface area (Å²) < 4.78 is 43.4. The summed E-state index contributed by atoms with van der Waals surface area (Å²) in [5.74, 6) is 0. The van der Waals surface area contributed by atoms with Crippen LogP contribution in [-0.4, -0.2) is 58.4 Å². The fraction of sp³-hybridized carbons (Fsp3) is 1.00. The lowest BCUT2D eigenvalue weighted by molar-refractivity contribution is -0.936. The number of piperidine rings is 1. The molecule has 7 nitrogen and oxygen atoms in total. The molecule has 0 saturated carbocycles. The molecule has 9 heteroatoms. The first-order valence-electron chi connectivity index (χ1n) is 6.36. The molecule has 3 N–H and O–H groups in total. The summed E-state index contributed by atoms with van der Waals surface area (Å²) >= 11 is 0. The fourth-order valence-corrected chi connectivity index (χ4v) is 5.17. The summed E-state index contributed by atoms with van der Waals surface area (Å²) in [6.07, 6.45) is 2.45. The monoisotopic (exact) mass is 316 g/mol. The maximum absolute atomic E-state index is 11.3. The van der Waals surface area contributed by atoms with Gasteiger partial charge in [-0.2, -0.15) is 8.42 Å². The highest BCUT2D eigenvalue weighted by molar-refractivity contribution is 7.93. The quantitative estimate of drug-likeness (QED) is 0.393. The summed E-state index contributed by atoms with van der Waals surface area (Å²) in [4.78, 5) is 16.3. The molecule has 114 valence electrons. The van der Waals surface area contributed by atoms with Gasteiger partial charge in [-0.3, -0.25) is 9.12 Å². The molecule has 1 fully saturated rings. The van der Waals surface area contributed by atoms with Crippen molar-refractivity contribution >= 4 is 17.7 Å². The number of rotatable bonds is 5. The maximum atomic E-state index is 11.3. The number of quaternary nitrogens is 1. The standard InChI is InChI=1S/C10H22NO6PS/c1-3-11(2)7-5-4-6-9(11)8-10(18(12,13)14)19(15,16)17/h9-10H,3-8H2,1-2H3,(H2-,12,13,14,15,16,17)/p+1. The molecule has 0 radical (unpaired) electrons. The van der Waals surface area contributed by atoms with Gasteiger partial charge in [0.15, 0.2) is 4.99 Å². The van der Waals surface area contributed by atoms with Crippen molar-refractivity contribution in [2.75, 3.05) is 20.1 Å². The van der Waals surface area contributed by atoms with E-state index in [2.05, 4.69) is 0 Å². The van der Waals surface area contributed by atoms with Gasteiger partial charge >= 0.3 is 7.60 Å². The lowest BCUT2D eigenvalue weighted by Crippen LogP contribution is -2.56. The van der Waals surface area contributed by atoms with Crippen LogP contribution in [-0.2, 0) is 14.7 Å². The molecule has 0 bridgehead atoms. The molecule has 0 spiro atoms. The normalized spacial score (nSPS) is 31.1. The molecule has 0 amide bonds. The highest BCUT2D eigenvalue weighted by Crippen LogP contribution is 2.47. The lowest BCUT2D eigenvalue weighted by Gasteiger charge is -2.45. The van der Waals surface area contributed by atoms with E-state index in [1.807, 2.05) is 14.0 Å². The summed E-state index contributed by atoms with van der Waals surface area (Å²) in [6.45, 7) is 3.60. The van der Waals surface area contributed by atoms with Crippen molar-refractivity contribution < 1.29 is 31.8 Å². The van der Waals surface area contributed by atoms with Crippen LogP contribution in [0.15, 0.2) is 0 Å². The molecule has 1 aliphatic heterocycles. The molecule has 1 aliphatic rings. The average molecular weight is 316 g/mol. The third-order valence-electron chi connectivity index (χ3n) is 4.25. The van der Waals surface area contributed by atoms with Gasteiger partial charge in [0.2, 0.25) is 0 Å². The fourth-order valence-electron chi connectivity index (χ4n) is 2.80.